The van der Waals surface area contributed by atoms with Crippen LogP contribution in [0.5, 0.6) is 0 Å². The molecule has 0 aromatic carbocycles. The molecule has 20 heavy (non-hydrogen) atoms. The van der Waals surface area contributed by atoms with E-state index >= 15 is 0 Å². The Kier molecular flexibility index (Phi) is 4.83. The topological polar surface area (TPSA) is 45.3 Å². The fourth-order valence-electron chi connectivity index (χ4n) is 3.18. The van der Waals surface area contributed by atoms with Crippen LogP contribution in [0.4, 0.5) is 4.39 Å². The lowest BCUT2D eigenvalue weighted by molar-refractivity contribution is 0.0382. The first kappa shape index (κ1) is 14.2. The van der Waals surface area contributed by atoms with Gasteiger partial charge in [0, 0.05) is 18.5 Å². The van der Waals surface area contributed by atoms with Crippen molar-refractivity contribution in [1.82, 2.24) is 16.2 Å². The summed E-state index contributed by atoms with van der Waals surface area (Å²) < 4.78 is 19.8. The Balaban J connectivity index is 1.48. The predicted octanol–water partition coefficient (Wildman–Crippen LogP) is 1.77. The first-order chi connectivity index (χ1) is 9.83. The molecular formula is C15H24FN3O. The first-order valence-electron chi connectivity index (χ1n) is 7.64. The smallest absolute Gasteiger partial charge is 0.125 e. The lowest BCUT2D eigenvalue weighted by Crippen LogP contribution is -2.40. The minimum atomic E-state index is -0.841. The van der Waals surface area contributed by atoms with Gasteiger partial charge in [-0.25, -0.2) is 15.2 Å². The van der Waals surface area contributed by atoms with Crippen molar-refractivity contribution in [2.24, 2.45) is 5.92 Å². The summed E-state index contributed by atoms with van der Waals surface area (Å²) >= 11 is 0. The average molecular weight is 281 g/mol. The molecule has 0 spiro atoms. The van der Waals surface area contributed by atoms with Crippen LogP contribution in [-0.4, -0.2) is 31.7 Å². The number of halogens is 1. The van der Waals surface area contributed by atoms with Gasteiger partial charge in [-0.2, -0.15) is 0 Å². The Morgan fingerprint density at radius 3 is 3.00 bits per heavy atom. The van der Waals surface area contributed by atoms with Crippen molar-refractivity contribution in [2.75, 3.05) is 13.3 Å². The Morgan fingerprint density at radius 1 is 1.35 bits per heavy atom. The molecule has 1 saturated heterocycles. The normalized spacial score (nSPS) is 38.0. The minimum absolute atomic E-state index is 0.0532. The summed E-state index contributed by atoms with van der Waals surface area (Å²) in [4.78, 5) is 0. The fourth-order valence-corrected chi connectivity index (χ4v) is 3.18. The van der Waals surface area contributed by atoms with Gasteiger partial charge in [0.2, 0.25) is 0 Å². The zero-order valence-electron chi connectivity index (χ0n) is 11.8. The van der Waals surface area contributed by atoms with Crippen LogP contribution in [-0.2, 0) is 4.74 Å². The van der Waals surface area contributed by atoms with E-state index in [4.69, 9.17) is 4.74 Å². The van der Waals surface area contributed by atoms with Gasteiger partial charge in [0.25, 0.3) is 0 Å². The maximum atomic E-state index is 14.3. The second-order valence-electron chi connectivity index (χ2n) is 5.89. The summed E-state index contributed by atoms with van der Waals surface area (Å²) in [6, 6.07) is 0.509. The minimum Gasteiger partial charge on any atom is -0.345 e. The third kappa shape index (κ3) is 3.47. The average Bonchev–Trinajstić information content (AvgIpc) is 3.01. The maximum Gasteiger partial charge on any atom is 0.125 e. The summed E-state index contributed by atoms with van der Waals surface area (Å²) in [5.74, 6) is 0.223. The van der Waals surface area contributed by atoms with Gasteiger partial charge in [-0.15, -0.1) is 0 Å². The van der Waals surface area contributed by atoms with Gasteiger partial charge in [-0.3, -0.25) is 0 Å². The van der Waals surface area contributed by atoms with Crippen molar-refractivity contribution in [3.8, 4) is 0 Å². The number of alkyl halides is 1. The molecule has 1 heterocycles. The molecule has 1 fully saturated rings. The third-order valence-electron chi connectivity index (χ3n) is 4.47. The standard InChI is InChI=1S/C15H24FN3O/c16-14-8-11(15-19-18-10-20-15)6-7-12(14)9-17-13-4-2-1-3-5-13/h1-2,7,11,13-15,17-19H,3-6,8-10H2/t11?,13?,14-,15?/m0/s1. The Hall–Kier alpha value is -0.750. The van der Waals surface area contributed by atoms with Crippen LogP contribution < -0.4 is 16.2 Å². The summed E-state index contributed by atoms with van der Waals surface area (Å²) in [6.45, 7) is 1.19. The highest BCUT2D eigenvalue weighted by molar-refractivity contribution is 5.15. The molecule has 2 aliphatic carbocycles. The van der Waals surface area contributed by atoms with Gasteiger partial charge in [-0.05, 0) is 37.7 Å². The van der Waals surface area contributed by atoms with Crippen LogP contribution in [0.15, 0.2) is 23.8 Å². The number of ether oxygens (including phenoxy) is 1. The van der Waals surface area contributed by atoms with E-state index in [1.54, 1.807) is 0 Å². The van der Waals surface area contributed by atoms with Crippen molar-refractivity contribution in [3.05, 3.63) is 23.8 Å². The highest BCUT2D eigenvalue weighted by atomic mass is 19.1. The number of hydrogen-bond donors (Lipinski definition) is 3. The monoisotopic (exact) mass is 281 g/mol. The largest absolute Gasteiger partial charge is 0.345 e. The molecule has 1 aliphatic heterocycles. The molecule has 0 radical (unpaired) electrons. The zero-order chi connectivity index (χ0) is 13.8. The van der Waals surface area contributed by atoms with Crippen molar-refractivity contribution >= 4 is 0 Å². The molecular weight excluding hydrogens is 257 g/mol. The van der Waals surface area contributed by atoms with Gasteiger partial charge in [0.1, 0.15) is 19.1 Å². The van der Waals surface area contributed by atoms with E-state index < -0.39 is 6.17 Å². The second kappa shape index (κ2) is 6.80. The Bertz CT molecular complexity index is 379. The predicted molar refractivity (Wildman–Crippen MR) is 76.5 cm³/mol. The molecule has 0 aromatic heterocycles. The molecule has 3 N–H and O–H groups in total. The second-order valence-corrected chi connectivity index (χ2v) is 5.89. The van der Waals surface area contributed by atoms with Gasteiger partial charge < -0.3 is 10.1 Å². The number of rotatable bonds is 4. The maximum absolute atomic E-state index is 14.3. The van der Waals surface area contributed by atoms with E-state index in [9.17, 15) is 4.39 Å². The molecule has 112 valence electrons. The molecule has 3 aliphatic rings. The summed E-state index contributed by atoms with van der Waals surface area (Å²) in [5.41, 5.74) is 6.90. The number of hydrazine groups is 1. The van der Waals surface area contributed by atoms with Gasteiger partial charge in [0.05, 0.1) is 0 Å². The van der Waals surface area contributed by atoms with Crippen molar-refractivity contribution in [2.45, 2.75) is 50.5 Å². The third-order valence-corrected chi connectivity index (χ3v) is 4.47. The molecule has 0 aromatic rings. The van der Waals surface area contributed by atoms with Crippen LogP contribution in [0.2, 0.25) is 0 Å². The van der Waals surface area contributed by atoms with E-state index in [-0.39, 0.29) is 12.1 Å². The zero-order valence-corrected chi connectivity index (χ0v) is 11.8. The number of allylic oxidation sites excluding steroid dienone is 2. The van der Waals surface area contributed by atoms with Crippen molar-refractivity contribution < 1.29 is 9.13 Å². The summed E-state index contributed by atoms with van der Waals surface area (Å²) in [5, 5.41) is 3.49. The number of nitrogens with one attached hydrogen (secondary N) is 3. The van der Waals surface area contributed by atoms with Crippen molar-refractivity contribution in [1.29, 1.82) is 0 Å². The summed E-state index contributed by atoms with van der Waals surface area (Å²) in [7, 11) is 0. The van der Waals surface area contributed by atoms with Gasteiger partial charge >= 0.3 is 0 Å². The Morgan fingerprint density at radius 2 is 2.30 bits per heavy atom. The van der Waals surface area contributed by atoms with E-state index in [1.807, 2.05) is 0 Å². The molecule has 4 nitrogen and oxygen atoms in total. The molecule has 0 bridgehead atoms. The molecule has 5 heteroatoms. The van der Waals surface area contributed by atoms with Gasteiger partial charge in [-0.1, -0.05) is 18.2 Å². The van der Waals surface area contributed by atoms with Crippen LogP contribution >= 0.6 is 0 Å². The van der Waals surface area contributed by atoms with Crippen LogP contribution in [0.25, 0.3) is 0 Å². The van der Waals surface area contributed by atoms with E-state index in [0.717, 1.165) is 31.3 Å². The quantitative estimate of drug-likeness (QED) is 0.687. The van der Waals surface area contributed by atoms with Crippen LogP contribution in [0.3, 0.4) is 0 Å². The van der Waals surface area contributed by atoms with Gasteiger partial charge in [0.15, 0.2) is 0 Å². The fraction of sp³-hybridized carbons (Fsp3) is 0.733. The van der Waals surface area contributed by atoms with Crippen molar-refractivity contribution in [3.63, 3.8) is 0 Å². The molecule has 3 unspecified atom stereocenters. The van der Waals surface area contributed by atoms with E-state index in [1.165, 1.54) is 0 Å². The first-order valence-corrected chi connectivity index (χ1v) is 7.64. The highest BCUT2D eigenvalue weighted by Crippen LogP contribution is 2.29. The highest BCUT2D eigenvalue weighted by Gasteiger charge is 2.31. The van der Waals surface area contributed by atoms with Crippen LogP contribution in [0.1, 0.15) is 32.1 Å². The molecule has 4 atom stereocenters. The Labute approximate surface area is 119 Å². The molecule has 0 amide bonds. The van der Waals surface area contributed by atoms with E-state index in [0.29, 0.717) is 25.7 Å². The molecule has 0 saturated carbocycles. The van der Waals surface area contributed by atoms with E-state index in [2.05, 4.69) is 34.4 Å². The summed E-state index contributed by atoms with van der Waals surface area (Å²) in [6.07, 6.45) is 10.4. The lowest BCUT2D eigenvalue weighted by atomic mass is 9.86. The van der Waals surface area contributed by atoms with Crippen LogP contribution in [0, 0.1) is 5.92 Å². The SMILES string of the molecule is F[C@H]1CC(C2NNCO2)CC=C1CNC1CC=CCC1. The lowest BCUT2D eigenvalue weighted by Gasteiger charge is -2.29. The number of hydrogen-bond acceptors (Lipinski definition) is 4. The molecule has 3 rings (SSSR count).